The highest BCUT2D eigenvalue weighted by atomic mass is 32.2. The van der Waals surface area contributed by atoms with E-state index in [2.05, 4.69) is 34.3 Å². The highest BCUT2D eigenvalue weighted by Gasteiger charge is 2.53. The van der Waals surface area contributed by atoms with Gasteiger partial charge in [-0.2, -0.15) is 5.10 Å². The molecule has 134 valence electrons. The third kappa shape index (κ3) is 2.95. The summed E-state index contributed by atoms with van der Waals surface area (Å²) >= 11 is 0. The standard InChI is InChI=1S/C15H24N4O4S/c1-14-4-3-10(7-24(22,23)13-17-9-18-19-13)5-15(14,2)6-11(12(20)21)16-8-14/h9-11,16H,3-8H2,1-2H3,(H,20,21)(H,17,18,19)/t10-,11?,14-,15+/m0/s1. The fraction of sp³-hybridized carbons (Fsp3) is 0.800. The van der Waals surface area contributed by atoms with E-state index in [0.717, 1.165) is 12.8 Å². The molecule has 3 rings (SSSR count). The molecular formula is C15H24N4O4S. The third-order valence-electron chi connectivity index (χ3n) is 6.13. The second-order valence-electron chi connectivity index (χ2n) is 7.78. The van der Waals surface area contributed by atoms with E-state index in [1.165, 1.54) is 6.33 Å². The van der Waals surface area contributed by atoms with Crippen LogP contribution in [0.5, 0.6) is 0 Å². The predicted molar refractivity (Wildman–Crippen MR) is 86.0 cm³/mol. The summed E-state index contributed by atoms with van der Waals surface area (Å²) in [5.41, 5.74) is -0.202. The first-order valence-corrected chi connectivity index (χ1v) is 9.85. The van der Waals surface area contributed by atoms with E-state index in [4.69, 9.17) is 0 Å². The number of carboxylic acids is 1. The van der Waals surface area contributed by atoms with Gasteiger partial charge in [0.05, 0.1) is 5.75 Å². The van der Waals surface area contributed by atoms with Crippen molar-refractivity contribution in [3.8, 4) is 0 Å². The molecule has 0 amide bonds. The van der Waals surface area contributed by atoms with Crippen molar-refractivity contribution < 1.29 is 18.3 Å². The molecule has 2 fully saturated rings. The number of piperidine rings is 1. The predicted octanol–water partition coefficient (Wildman–Crippen LogP) is 0.838. The van der Waals surface area contributed by atoms with Crippen molar-refractivity contribution in [2.75, 3.05) is 12.3 Å². The van der Waals surface area contributed by atoms with Gasteiger partial charge in [0.2, 0.25) is 15.0 Å². The van der Waals surface area contributed by atoms with Crippen LogP contribution in [0.2, 0.25) is 0 Å². The van der Waals surface area contributed by atoms with Crippen LogP contribution in [0, 0.1) is 16.7 Å². The quantitative estimate of drug-likeness (QED) is 0.730. The van der Waals surface area contributed by atoms with Crippen molar-refractivity contribution in [2.24, 2.45) is 16.7 Å². The van der Waals surface area contributed by atoms with Crippen LogP contribution in [0.3, 0.4) is 0 Å². The molecule has 2 heterocycles. The van der Waals surface area contributed by atoms with Crippen molar-refractivity contribution in [2.45, 2.75) is 50.7 Å². The summed E-state index contributed by atoms with van der Waals surface area (Å²) in [4.78, 5) is 15.1. The summed E-state index contributed by atoms with van der Waals surface area (Å²) < 4.78 is 24.9. The maximum Gasteiger partial charge on any atom is 0.320 e. The molecule has 2 aliphatic rings. The molecule has 4 atom stereocenters. The smallest absolute Gasteiger partial charge is 0.320 e. The molecule has 1 unspecified atom stereocenters. The number of carboxylic acid groups (broad SMARTS) is 1. The Balaban J connectivity index is 1.77. The molecule has 1 saturated carbocycles. The Morgan fingerprint density at radius 2 is 2.12 bits per heavy atom. The Labute approximate surface area is 141 Å². The number of fused-ring (bicyclic) bond motifs is 1. The lowest BCUT2D eigenvalue weighted by Crippen LogP contribution is -2.60. The molecular weight excluding hydrogens is 332 g/mol. The zero-order valence-corrected chi connectivity index (χ0v) is 14.8. The van der Waals surface area contributed by atoms with Crippen molar-refractivity contribution in [1.29, 1.82) is 0 Å². The molecule has 0 spiro atoms. The maximum atomic E-state index is 12.4. The monoisotopic (exact) mass is 356 g/mol. The first-order chi connectivity index (χ1) is 11.2. The topological polar surface area (TPSA) is 125 Å². The number of aromatic amines is 1. The Morgan fingerprint density at radius 3 is 2.75 bits per heavy atom. The third-order valence-corrected chi connectivity index (χ3v) is 7.83. The van der Waals surface area contributed by atoms with Gasteiger partial charge in [-0.05, 0) is 42.4 Å². The van der Waals surface area contributed by atoms with Crippen LogP contribution in [0.4, 0.5) is 0 Å². The van der Waals surface area contributed by atoms with Gasteiger partial charge < -0.3 is 10.4 Å². The van der Waals surface area contributed by atoms with Crippen LogP contribution in [-0.2, 0) is 14.6 Å². The van der Waals surface area contributed by atoms with Crippen molar-refractivity contribution in [3.63, 3.8) is 0 Å². The minimum absolute atomic E-state index is 0.00530. The number of nitrogens with one attached hydrogen (secondary N) is 2. The Bertz CT molecular complexity index is 720. The average Bonchev–Trinajstić information content (AvgIpc) is 3.02. The average molecular weight is 356 g/mol. The van der Waals surface area contributed by atoms with Gasteiger partial charge in [-0.3, -0.25) is 9.89 Å². The first kappa shape index (κ1) is 17.3. The van der Waals surface area contributed by atoms with E-state index in [-0.39, 0.29) is 27.7 Å². The Hall–Kier alpha value is -1.48. The fourth-order valence-corrected chi connectivity index (χ4v) is 5.83. The van der Waals surface area contributed by atoms with Crippen LogP contribution < -0.4 is 5.32 Å². The largest absolute Gasteiger partial charge is 0.480 e. The molecule has 1 saturated heterocycles. The van der Waals surface area contributed by atoms with Crippen molar-refractivity contribution >= 4 is 15.8 Å². The van der Waals surface area contributed by atoms with Crippen LogP contribution in [0.1, 0.15) is 39.5 Å². The van der Waals surface area contributed by atoms with E-state index in [9.17, 15) is 18.3 Å². The van der Waals surface area contributed by atoms with E-state index in [1.54, 1.807) is 0 Å². The van der Waals surface area contributed by atoms with Gasteiger partial charge in [-0.25, -0.2) is 13.4 Å². The maximum absolute atomic E-state index is 12.4. The highest BCUT2D eigenvalue weighted by Crippen LogP contribution is 2.56. The van der Waals surface area contributed by atoms with Gasteiger partial charge in [0.25, 0.3) is 0 Å². The van der Waals surface area contributed by atoms with Crippen molar-refractivity contribution in [3.05, 3.63) is 6.33 Å². The number of H-pyrrole nitrogens is 1. The van der Waals surface area contributed by atoms with Crippen molar-refractivity contribution in [1.82, 2.24) is 20.5 Å². The number of sulfone groups is 1. The molecule has 1 aromatic heterocycles. The minimum Gasteiger partial charge on any atom is -0.480 e. The zero-order chi connectivity index (χ0) is 17.6. The van der Waals surface area contributed by atoms with Crippen LogP contribution in [0.25, 0.3) is 0 Å². The van der Waals surface area contributed by atoms with E-state index >= 15 is 0 Å². The van der Waals surface area contributed by atoms with Gasteiger partial charge in [0.15, 0.2) is 0 Å². The number of hydrogen-bond acceptors (Lipinski definition) is 6. The van der Waals surface area contributed by atoms with Crippen LogP contribution in [-0.4, -0.2) is 53.0 Å². The van der Waals surface area contributed by atoms with Gasteiger partial charge in [-0.1, -0.05) is 13.8 Å². The van der Waals surface area contributed by atoms with Crippen LogP contribution >= 0.6 is 0 Å². The summed E-state index contributed by atoms with van der Waals surface area (Å²) in [7, 11) is -3.49. The number of rotatable bonds is 4. The van der Waals surface area contributed by atoms with Gasteiger partial charge in [-0.15, -0.1) is 0 Å². The number of nitrogens with zero attached hydrogens (tertiary/aromatic N) is 2. The first-order valence-electron chi connectivity index (χ1n) is 8.20. The normalized spacial score (nSPS) is 36.9. The summed E-state index contributed by atoms with van der Waals surface area (Å²) in [5, 5.41) is 18.4. The molecule has 0 radical (unpaired) electrons. The summed E-state index contributed by atoms with van der Waals surface area (Å²) in [6.07, 6.45) is 4.13. The van der Waals surface area contributed by atoms with Crippen LogP contribution in [0.15, 0.2) is 11.5 Å². The zero-order valence-electron chi connectivity index (χ0n) is 13.9. The van der Waals surface area contributed by atoms with Gasteiger partial charge in [0, 0.05) is 6.54 Å². The SMILES string of the molecule is C[C@@]12CC[C@H](CS(=O)(=O)c3ncn[nH]3)C[C@]1(C)CC(C(=O)O)NC2. The Morgan fingerprint density at radius 1 is 1.38 bits per heavy atom. The fourth-order valence-electron chi connectivity index (χ4n) is 4.36. The second kappa shape index (κ2) is 5.80. The second-order valence-corrected chi connectivity index (χ2v) is 9.73. The number of aromatic nitrogens is 3. The number of hydrogen-bond donors (Lipinski definition) is 3. The van der Waals surface area contributed by atoms with E-state index in [0.29, 0.717) is 19.4 Å². The Kier molecular flexibility index (Phi) is 4.19. The molecule has 1 aromatic rings. The molecule has 1 aliphatic carbocycles. The molecule has 3 N–H and O–H groups in total. The lowest BCUT2D eigenvalue weighted by atomic mass is 9.52. The lowest BCUT2D eigenvalue weighted by Gasteiger charge is -2.56. The summed E-state index contributed by atoms with van der Waals surface area (Å²) in [6.45, 7) is 4.94. The molecule has 0 aromatic carbocycles. The molecule has 8 nitrogen and oxygen atoms in total. The summed E-state index contributed by atoms with van der Waals surface area (Å²) in [6, 6.07) is -0.562. The minimum atomic E-state index is -3.49. The van der Waals surface area contributed by atoms with E-state index < -0.39 is 21.8 Å². The van der Waals surface area contributed by atoms with E-state index in [1.807, 2.05) is 0 Å². The summed E-state index contributed by atoms with van der Waals surface area (Å²) in [5.74, 6) is -0.806. The lowest BCUT2D eigenvalue weighted by molar-refractivity contribution is -0.145. The highest BCUT2D eigenvalue weighted by molar-refractivity contribution is 7.91. The van der Waals surface area contributed by atoms with Gasteiger partial charge in [0.1, 0.15) is 12.4 Å². The molecule has 0 bridgehead atoms. The molecule has 1 aliphatic heterocycles. The molecule has 9 heteroatoms. The number of carbonyl (C=O) groups is 1. The number of aliphatic carboxylic acids is 1. The van der Waals surface area contributed by atoms with Gasteiger partial charge >= 0.3 is 5.97 Å². The molecule has 24 heavy (non-hydrogen) atoms.